The van der Waals surface area contributed by atoms with Crippen molar-refractivity contribution in [3.8, 4) is 0 Å². The van der Waals surface area contributed by atoms with Crippen LogP contribution in [-0.4, -0.2) is 24.6 Å². The fourth-order valence-corrected chi connectivity index (χ4v) is 0.683. The molecule has 1 unspecified atom stereocenters. The molecule has 0 fully saturated rings. The Balaban J connectivity index is 3.53. The third-order valence-corrected chi connectivity index (χ3v) is 1.72. The molecule has 0 heterocycles. The van der Waals surface area contributed by atoms with Crippen molar-refractivity contribution in [3.05, 3.63) is 0 Å². The van der Waals surface area contributed by atoms with E-state index < -0.39 is 11.9 Å². The molecule has 0 aliphatic carbocycles. The van der Waals surface area contributed by atoms with Gasteiger partial charge in [-0.15, -0.1) is 0 Å². The standard InChI is InChI=1S/C10H18O5/c1-4-8(3)14-15-10(12)7-6-9(11)13-5-2/h8H,4-7H2,1-3H3. The molecule has 0 radical (unpaired) electrons. The van der Waals surface area contributed by atoms with Crippen LogP contribution in [0.1, 0.15) is 40.0 Å². The van der Waals surface area contributed by atoms with Crippen LogP contribution in [0.4, 0.5) is 0 Å². The van der Waals surface area contributed by atoms with Crippen molar-refractivity contribution in [3.63, 3.8) is 0 Å². The molecule has 0 saturated heterocycles. The molecule has 0 aromatic heterocycles. The van der Waals surface area contributed by atoms with Gasteiger partial charge in [-0.25, -0.2) is 4.79 Å². The van der Waals surface area contributed by atoms with Gasteiger partial charge < -0.3 is 4.74 Å². The molecule has 0 saturated carbocycles. The van der Waals surface area contributed by atoms with E-state index >= 15 is 0 Å². The maximum atomic E-state index is 11.0. The van der Waals surface area contributed by atoms with E-state index in [2.05, 4.69) is 9.62 Å². The van der Waals surface area contributed by atoms with Crippen molar-refractivity contribution in [1.82, 2.24) is 0 Å². The first-order valence-corrected chi connectivity index (χ1v) is 5.11. The Bertz CT molecular complexity index is 202. The van der Waals surface area contributed by atoms with Gasteiger partial charge in [-0.3, -0.25) is 9.68 Å². The topological polar surface area (TPSA) is 61.8 Å². The van der Waals surface area contributed by atoms with Crippen molar-refractivity contribution in [2.45, 2.75) is 46.1 Å². The second-order valence-corrected chi connectivity index (χ2v) is 3.08. The molecular formula is C10H18O5. The summed E-state index contributed by atoms with van der Waals surface area (Å²) in [6.45, 7) is 5.73. The molecule has 0 amide bonds. The first-order valence-electron chi connectivity index (χ1n) is 5.11. The molecule has 0 spiro atoms. The number of carbonyl (C=O) groups is 2. The van der Waals surface area contributed by atoms with Gasteiger partial charge in [0.15, 0.2) is 0 Å². The minimum atomic E-state index is -0.552. The van der Waals surface area contributed by atoms with Crippen molar-refractivity contribution in [1.29, 1.82) is 0 Å². The summed E-state index contributed by atoms with van der Waals surface area (Å²) >= 11 is 0. The van der Waals surface area contributed by atoms with Crippen LogP contribution in [0.3, 0.4) is 0 Å². The molecule has 5 nitrogen and oxygen atoms in total. The number of ether oxygens (including phenoxy) is 1. The Morgan fingerprint density at radius 2 is 1.73 bits per heavy atom. The lowest BCUT2D eigenvalue weighted by atomic mass is 10.3. The van der Waals surface area contributed by atoms with Crippen LogP contribution >= 0.6 is 0 Å². The minimum Gasteiger partial charge on any atom is -0.466 e. The van der Waals surface area contributed by atoms with Gasteiger partial charge >= 0.3 is 11.9 Å². The van der Waals surface area contributed by atoms with E-state index in [0.29, 0.717) is 6.61 Å². The number of hydrogen-bond acceptors (Lipinski definition) is 5. The third kappa shape index (κ3) is 7.93. The van der Waals surface area contributed by atoms with Gasteiger partial charge in [0.2, 0.25) is 0 Å². The summed E-state index contributed by atoms with van der Waals surface area (Å²) in [5.41, 5.74) is 0. The molecule has 1 atom stereocenters. The average molecular weight is 218 g/mol. The van der Waals surface area contributed by atoms with E-state index in [4.69, 9.17) is 4.89 Å². The predicted octanol–water partition coefficient (Wildman–Crippen LogP) is 1.60. The molecule has 0 aliphatic rings. The molecule has 5 heteroatoms. The zero-order chi connectivity index (χ0) is 11.7. The van der Waals surface area contributed by atoms with Crippen LogP contribution in [0.15, 0.2) is 0 Å². The molecular weight excluding hydrogens is 200 g/mol. The van der Waals surface area contributed by atoms with E-state index in [1.165, 1.54) is 0 Å². The molecule has 0 aromatic rings. The number of carbonyl (C=O) groups excluding carboxylic acids is 2. The lowest BCUT2D eigenvalue weighted by Crippen LogP contribution is -2.14. The van der Waals surface area contributed by atoms with Crippen LogP contribution in [0.5, 0.6) is 0 Å². The summed E-state index contributed by atoms with van der Waals surface area (Å²) in [6.07, 6.45) is 0.633. The highest BCUT2D eigenvalue weighted by molar-refractivity contribution is 5.77. The molecule has 15 heavy (non-hydrogen) atoms. The number of esters is 1. The van der Waals surface area contributed by atoms with Gasteiger partial charge in [-0.1, -0.05) is 6.92 Å². The Labute approximate surface area is 89.6 Å². The van der Waals surface area contributed by atoms with Crippen molar-refractivity contribution >= 4 is 11.9 Å². The van der Waals surface area contributed by atoms with E-state index in [1.807, 2.05) is 6.92 Å². The molecule has 0 bridgehead atoms. The van der Waals surface area contributed by atoms with Crippen LogP contribution in [0, 0.1) is 0 Å². The lowest BCUT2D eigenvalue weighted by Gasteiger charge is -2.08. The quantitative estimate of drug-likeness (QED) is 0.369. The minimum absolute atomic E-state index is 0.0186. The Morgan fingerprint density at radius 1 is 1.13 bits per heavy atom. The summed E-state index contributed by atoms with van der Waals surface area (Å²) in [4.78, 5) is 31.1. The molecule has 0 N–H and O–H groups in total. The fraction of sp³-hybridized carbons (Fsp3) is 0.800. The monoisotopic (exact) mass is 218 g/mol. The first-order chi connectivity index (χ1) is 7.10. The molecule has 0 aromatic carbocycles. The van der Waals surface area contributed by atoms with Crippen molar-refractivity contribution in [2.75, 3.05) is 6.61 Å². The smallest absolute Gasteiger partial charge is 0.342 e. The number of hydrogen-bond donors (Lipinski definition) is 0. The summed E-state index contributed by atoms with van der Waals surface area (Å²) in [5.74, 6) is -0.957. The van der Waals surface area contributed by atoms with Crippen molar-refractivity contribution < 1.29 is 24.1 Å². The zero-order valence-corrected chi connectivity index (χ0v) is 9.45. The largest absolute Gasteiger partial charge is 0.466 e. The SMILES string of the molecule is CCOC(=O)CCC(=O)OOC(C)CC. The second-order valence-electron chi connectivity index (χ2n) is 3.08. The van der Waals surface area contributed by atoms with Crippen LogP contribution < -0.4 is 0 Å². The highest BCUT2D eigenvalue weighted by atomic mass is 17.2. The third-order valence-electron chi connectivity index (χ3n) is 1.72. The normalized spacial score (nSPS) is 11.9. The van der Waals surface area contributed by atoms with E-state index in [-0.39, 0.29) is 18.9 Å². The Hall–Kier alpha value is -1.10. The Kier molecular flexibility index (Phi) is 7.62. The number of rotatable bonds is 7. The van der Waals surface area contributed by atoms with Crippen LogP contribution in [0.2, 0.25) is 0 Å². The van der Waals surface area contributed by atoms with Gasteiger partial charge in [-0.05, 0) is 20.3 Å². The van der Waals surface area contributed by atoms with E-state index in [9.17, 15) is 9.59 Å². The highest BCUT2D eigenvalue weighted by Crippen LogP contribution is 2.00. The zero-order valence-electron chi connectivity index (χ0n) is 9.45. The van der Waals surface area contributed by atoms with E-state index in [0.717, 1.165) is 6.42 Å². The summed E-state index contributed by atoms with van der Waals surface area (Å²) in [5, 5.41) is 0. The Morgan fingerprint density at radius 3 is 2.27 bits per heavy atom. The van der Waals surface area contributed by atoms with Gasteiger partial charge in [-0.2, -0.15) is 4.89 Å². The highest BCUT2D eigenvalue weighted by Gasteiger charge is 2.10. The summed E-state index contributed by atoms with van der Waals surface area (Å²) in [7, 11) is 0. The van der Waals surface area contributed by atoms with E-state index in [1.54, 1.807) is 13.8 Å². The average Bonchev–Trinajstić information content (AvgIpc) is 2.23. The van der Waals surface area contributed by atoms with Gasteiger partial charge in [0, 0.05) is 0 Å². The maximum absolute atomic E-state index is 11.0. The maximum Gasteiger partial charge on any atom is 0.342 e. The molecule has 88 valence electrons. The predicted molar refractivity (Wildman–Crippen MR) is 52.8 cm³/mol. The van der Waals surface area contributed by atoms with Crippen molar-refractivity contribution in [2.24, 2.45) is 0 Å². The van der Waals surface area contributed by atoms with Crippen LogP contribution in [-0.2, 0) is 24.1 Å². The second kappa shape index (κ2) is 8.23. The van der Waals surface area contributed by atoms with Gasteiger partial charge in [0.1, 0.15) is 6.10 Å². The van der Waals surface area contributed by atoms with Crippen LogP contribution in [0.25, 0.3) is 0 Å². The first kappa shape index (κ1) is 13.9. The molecule has 0 rings (SSSR count). The summed E-state index contributed by atoms with van der Waals surface area (Å²) in [6, 6.07) is 0. The summed E-state index contributed by atoms with van der Waals surface area (Å²) < 4.78 is 4.65. The fourth-order valence-electron chi connectivity index (χ4n) is 0.683. The lowest BCUT2D eigenvalue weighted by molar-refractivity contribution is -0.295. The van der Waals surface area contributed by atoms with Gasteiger partial charge in [0.05, 0.1) is 19.4 Å². The molecule has 0 aliphatic heterocycles. The van der Waals surface area contributed by atoms with Gasteiger partial charge in [0.25, 0.3) is 0 Å².